The van der Waals surface area contributed by atoms with E-state index in [0.717, 1.165) is 18.0 Å². The van der Waals surface area contributed by atoms with Crippen molar-refractivity contribution in [3.8, 4) is 0 Å². The predicted molar refractivity (Wildman–Crippen MR) is 87.6 cm³/mol. The second kappa shape index (κ2) is 6.44. The van der Waals surface area contributed by atoms with E-state index >= 15 is 0 Å². The Labute approximate surface area is 134 Å². The van der Waals surface area contributed by atoms with E-state index in [9.17, 15) is 4.39 Å². The van der Waals surface area contributed by atoms with Crippen LogP contribution in [-0.4, -0.2) is 23.1 Å². The molecule has 0 amide bonds. The molecule has 2 heterocycles. The summed E-state index contributed by atoms with van der Waals surface area (Å²) in [6.45, 7) is 3.28. The molecule has 3 rings (SSSR count). The molecule has 0 radical (unpaired) electrons. The summed E-state index contributed by atoms with van der Waals surface area (Å²) in [5, 5.41) is 0.733. The van der Waals surface area contributed by atoms with Crippen LogP contribution < -0.4 is 4.90 Å². The van der Waals surface area contributed by atoms with Gasteiger partial charge in [0.1, 0.15) is 6.33 Å². The number of aryl methyl sites for hydroxylation is 1. The first-order valence-corrected chi connectivity index (χ1v) is 7.76. The summed E-state index contributed by atoms with van der Waals surface area (Å²) in [5.41, 5.74) is 2.90. The molecule has 1 aromatic heterocycles. The first-order valence-electron chi connectivity index (χ1n) is 7.38. The zero-order chi connectivity index (χ0) is 15.5. The van der Waals surface area contributed by atoms with Crippen LogP contribution in [0.25, 0.3) is 5.57 Å². The molecule has 5 heteroatoms. The fourth-order valence-electron chi connectivity index (χ4n) is 2.65. The average Bonchev–Trinajstić information content (AvgIpc) is 2.56. The van der Waals surface area contributed by atoms with E-state index in [1.165, 1.54) is 17.5 Å². The van der Waals surface area contributed by atoms with Gasteiger partial charge in [0.15, 0.2) is 11.6 Å². The molecule has 2 aromatic rings. The van der Waals surface area contributed by atoms with Crippen LogP contribution in [0, 0.1) is 5.82 Å². The van der Waals surface area contributed by atoms with Crippen LogP contribution in [0.2, 0.25) is 5.02 Å². The molecule has 0 saturated heterocycles. The third-order valence-corrected chi connectivity index (χ3v) is 4.15. The molecular formula is C17H17ClFN3. The Morgan fingerprint density at radius 3 is 2.64 bits per heavy atom. The number of anilines is 1. The molecule has 0 fully saturated rings. The van der Waals surface area contributed by atoms with Gasteiger partial charge in [0.2, 0.25) is 0 Å². The average molecular weight is 318 g/mol. The van der Waals surface area contributed by atoms with E-state index in [1.807, 2.05) is 36.1 Å². The standard InChI is InChI=1S/C17H17ClFN3/c1-2-15-16(19)17(21-11-20-15)22-9-7-13(8-10-22)12-3-5-14(18)6-4-12/h3-7,11H,2,8-10H2,1H3. The van der Waals surface area contributed by atoms with Crippen molar-refractivity contribution in [2.45, 2.75) is 19.8 Å². The zero-order valence-electron chi connectivity index (χ0n) is 12.4. The minimum absolute atomic E-state index is 0.298. The number of rotatable bonds is 3. The lowest BCUT2D eigenvalue weighted by Gasteiger charge is -2.28. The summed E-state index contributed by atoms with van der Waals surface area (Å²) < 4.78 is 14.3. The quantitative estimate of drug-likeness (QED) is 0.852. The van der Waals surface area contributed by atoms with E-state index < -0.39 is 0 Å². The van der Waals surface area contributed by atoms with Gasteiger partial charge in [0, 0.05) is 18.1 Å². The number of hydrogen-bond acceptors (Lipinski definition) is 3. The summed E-state index contributed by atoms with van der Waals surface area (Å²) in [7, 11) is 0. The highest BCUT2D eigenvalue weighted by Crippen LogP contribution is 2.27. The fourth-order valence-corrected chi connectivity index (χ4v) is 2.78. The molecule has 0 N–H and O–H groups in total. The second-order valence-corrected chi connectivity index (χ2v) is 5.68. The molecule has 1 aliphatic heterocycles. The number of nitrogens with zero attached hydrogens (tertiary/aromatic N) is 3. The van der Waals surface area contributed by atoms with E-state index in [0.29, 0.717) is 24.5 Å². The molecule has 0 atom stereocenters. The van der Waals surface area contributed by atoms with Gasteiger partial charge in [-0.2, -0.15) is 0 Å². The van der Waals surface area contributed by atoms with Gasteiger partial charge < -0.3 is 4.90 Å². The fraction of sp³-hybridized carbons (Fsp3) is 0.294. The minimum Gasteiger partial charge on any atom is -0.350 e. The molecule has 1 aromatic carbocycles. The Hall–Kier alpha value is -1.94. The second-order valence-electron chi connectivity index (χ2n) is 5.24. The van der Waals surface area contributed by atoms with Gasteiger partial charge in [0.25, 0.3) is 0 Å². The van der Waals surface area contributed by atoms with Crippen LogP contribution in [-0.2, 0) is 6.42 Å². The van der Waals surface area contributed by atoms with E-state index in [-0.39, 0.29) is 5.82 Å². The van der Waals surface area contributed by atoms with E-state index in [2.05, 4.69) is 16.0 Å². The Bertz CT molecular complexity index is 698. The van der Waals surface area contributed by atoms with Crippen molar-refractivity contribution >= 4 is 23.0 Å². The van der Waals surface area contributed by atoms with Crippen LogP contribution in [0.15, 0.2) is 36.7 Å². The molecule has 22 heavy (non-hydrogen) atoms. The summed E-state index contributed by atoms with van der Waals surface area (Å²) in [6, 6.07) is 7.82. The molecule has 3 nitrogen and oxygen atoms in total. The van der Waals surface area contributed by atoms with Gasteiger partial charge in [0.05, 0.1) is 5.69 Å². The van der Waals surface area contributed by atoms with Gasteiger partial charge >= 0.3 is 0 Å². The Morgan fingerprint density at radius 2 is 2.00 bits per heavy atom. The Kier molecular flexibility index (Phi) is 4.39. The predicted octanol–water partition coefficient (Wildman–Crippen LogP) is 4.13. The van der Waals surface area contributed by atoms with E-state index in [4.69, 9.17) is 11.6 Å². The van der Waals surface area contributed by atoms with Crippen molar-refractivity contribution in [3.63, 3.8) is 0 Å². The van der Waals surface area contributed by atoms with Crippen LogP contribution in [0.4, 0.5) is 10.2 Å². The minimum atomic E-state index is -0.298. The topological polar surface area (TPSA) is 29.0 Å². The molecular weight excluding hydrogens is 301 g/mol. The number of hydrogen-bond donors (Lipinski definition) is 0. The SMILES string of the molecule is CCc1ncnc(N2CC=C(c3ccc(Cl)cc3)CC2)c1F. The Balaban J connectivity index is 1.80. The third-order valence-electron chi connectivity index (χ3n) is 3.90. The van der Waals surface area contributed by atoms with Crippen molar-refractivity contribution in [2.75, 3.05) is 18.0 Å². The van der Waals surface area contributed by atoms with Gasteiger partial charge in [-0.15, -0.1) is 0 Å². The summed E-state index contributed by atoms with van der Waals surface area (Å²) in [4.78, 5) is 10.0. The van der Waals surface area contributed by atoms with Crippen LogP contribution >= 0.6 is 11.6 Å². The highest BCUT2D eigenvalue weighted by atomic mass is 35.5. The first-order chi connectivity index (χ1) is 10.7. The summed E-state index contributed by atoms with van der Waals surface area (Å²) >= 11 is 5.92. The van der Waals surface area contributed by atoms with Crippen LogP contribution in [0.5, 0.6) is 0 Å². The van der Waals surface area contributed by atoms with Crippen LogP contribution in [0.1, 0.15) is 24.6 Å². The lowest BCUT2D eigenvalue weighted by molar-refractivity contribution is 0.585. The molecule has 0 saturated carbocycles. The van der Waals surface area contributed by atoms with Gasteiger partial charge in [-0.25, -0.2) is 14.4 Å². The van der Waals surface area contributed by atoms with Crippen molar-refractivity contribution in [2.24, 2.45) is 0 Å². The van der Waals surface area contributed by atoms with Crippen molar-refractivity contribution in [1.82, 2.24) is 9.97 Å². The summed E-state index contributed by atoms with van der Waals surface area (Å²) in [6.07, 6.45) is 4.99. The molecule has 0 aliphatic carbocycles. The maximum absolute atomic E-state index is 14.3. The summed E-state index contributed by atoms with van der Waals surface area (Å²) in [5.74, 6) is 0.103. The van der Waals surface area contributed by atoms with E-state index in [1.54, 1.807) is 0 Å². The molecule has 0 bridgehead atoms. The van der Waals surface area contributed by atoms with Gasteiger partial charge in [-0.3, -0.25) is 0 Å². The molecule has 1 aliphatic rings. The number of benzene rings is 1. The number of aromatic nitrogens is 2. The maximum Gasteiger partial charge on any atom is 0.187 e. The molecule has 0 unspecified atom stereocenters. The Morgan fingerprint density at radius 1 is 1.23 bits per heavy atom. The van der Waals surface area contributed by atoms with Crippen LogP contribution in [0.3, 0.4) is 0 Å². The highest BCUT2D eigenvalue weighted by Gasteiger charge is 2.19. The van der Waals surface area contributed by atoms with Gasteiger partial charge in [-0.05, 0) is 36.1 Å². The maximum atomic E-state index is 14.3. The zero-order valence-corrected chi connectivity index (χ0v) is 13.1. The first kappa shape index (κ1) is 15.0. The largest absolute Gasteiger partial charge is 0.350 e. The molecule has 0 spiro atoms. The third kappa shape index (κ3) is 2.97. The van der Waals surface area contributed by atoms with Crippen molar-refractivity contribution in [1.29, 1.82) is 0 Å². The number of halogens is 2. The van der Waals surface area contributed by atoms with Gasteiger partial charge in [-0.1, -0.05) is 36.7 Å². The van der Waals surface area contributed by atoms with Crippen molar-refractivity contribution in [3.05, 3.63) is 58.8 Å². The lowest BCUT2D eigenvalue weighted by atomic mass is 9.99. The lowest BCUT2D eigenvalue weighted by Crippen LogP contribution is -2.30. The molecule has 114 valence electrons. The van der Waals surface area contributed by atoms with Crippen molar-refractivity contribution < 1.29 is 4.39 Å². The monoisotopic (exact) mass is 317 g/mol. The highest BCUT2D eigenvalue weighted by molar-refractivity contribution is 6.30. The normalized spacial score (nSPS) is 14.9. The smallest absolute Gasteiger partial charge is 0.187 e.